The third-order valence-electron chi connectivity index (χ3n) is 8.00. The number of aryl methyl sites for hydroxylation is 1. The fourth-order valence-electron chi connectivity index (χ4n) is 5.82. The summed E-state index contributed by atoms with van der Waals surface area (Å²) in [6.07, 6.45) is -2.57. The number of halogens is 4. The monoisotopic (exact) mass is 567 g/mol. The zero-order valence-electron chi connectivity index (χ0n) is 23.3. The van der Waals surface area contributed by atoms with Crippen LogP contribution < -0.4 is 5.73 Å². The summed E-state index contributed by atoms with van der Waals surface area (Å²) in [6.45, 7) is 2.32. The highest BCUT2D eigenvalue weighted by Gasteiger charge is 2.27. The van der Waals surface area contributed by atoms with E-state index < -0.39 is 24.0 Å². The summed E-state index contributed by atoms with van der Waals surface area (Å²) in [4.78, 5) is 20.5. The predicted molar refractivity (Wildman–Crippen MR) is 152 cm³/mol. The molecule has 10 heteroatoms. The molecule has 0 atom stereocenters. The first-order valence-corrected chi connectivity index (χ1v) is 13.5. The standard InChI is InChI=1S/C31H33F4N5O/c1-38(2)31(41)20-6-4-18(5-7-20)19-9-12-40(13-10-19)17-22-16-24-23(8-11-37-30(24)39(22)3)27-25(28(32)33)14-21(36)15-26(27)29(34)35/h4-8,11,14-16,19,28-29H,9-10,12-13,17,36H2,1-3H3. The Hall–Kier alpha value is -3.92. The van der Waals surface area contributed by atoms with E-state index in [4.69, 9.17) is 5.73 Å². The smallest absolute Gasteiger partial charge is 0.264 e. The van der Waals surface area contributed by atoms with Crippen LogP contribution in [-0.4, -0.2) is 52.4 Å². The number of nitrogens with two attached hydrogens (primary N) is 1. The van der Waals surface area contributed by atoms with Gasteiger partial charge in [-0.05, 0) is 79.4 Å². The fraction of sp³-hybridized carbons (Fsp3) is 0.355. The van der Waals surface area contributed by atoms with Crippen LogP contribution in [0.4, 0.5) is 23.2 Å². The topological polar surface area (TPSA) is 67.4 Å². The summed E-state index contributed by atoms with van der Waals surface area (Å²) in [5, 5.41) is 0.542. The molecule has 1 amide bonds. The third kappa shape index (κ3) is 5.66. The zero-order valence-corrected chi connectivity index (χ0v) is 23.3. The highest BCUT2D eigenvalue weighted by atomic mass is 19.3. The molecule has 5 rings (SSSR count). The summed E-state index contributed by atoms with van der Waals surface area (Å²) >= 11 is 0. The van der Waals surface area contributed by atoms with Gasteiger partial charge in [0.25, 0.3) is 18.8 Å². The Kier molecular flexibility index (Phi) is 8.04. The normalized spacial score (nSPS) is 14.9. The van der Waals surface area contributed by atoms with E-state index in [1.807, 2.05) is 41.9 Å². The number of rotatable bonds is 7. The molecule has 0 bridgehead atoms. The highest BCUT2D eigenvalue weighted by Crippen LogP contribution is 2.42. The second-order valence-corrected chi connectivity index (χ2v) is 10.8. The lowest BCUT2D eigenvalue weighted by Gasteiger charge is -2.32. The molecule has 2 N–H and O–H groups in total. The molecule has 0 unspecified atom stereocenters. The molecule has 1 aliphatic heterocycles. The van der Waals surface area contributed by atoms with Crippen LogP contribution in [0, 0.1) is 0 Å². The number of hydrogen-bond donors (Lipinski definition) is 1. The Morgan fingerprint density at radius 2 is 1.61 bits per heavy atom. The first-order valence-electron chi connectivity index (χ1n) is 13.5. The van der Waals surface area contributed by atoms with E-state index in [9.17, 15) is 22.4 Å². The zero-order chi connectivity index (χ0) is 29.4. The van der Waals surface area contributed by atoms with Crippen LogP contribution in [0.5, 0.6) is 0 Å². The lowest BCUT2D eigenvalue weighted by molar-refractivity contribution is 0.0827. The lowest BCUT2D eigenvalue weighted by atomic mass is 9.89. The second-order valence-electron chi connectivity index (χ2n) is 10.8. The number of aromatic nitrogens is 2. The van der Waals surface area contributed by atoms with Crippen molar-refractivity contribution in [3.05, 3.63) is 82.7 Å². The number of piperidine rings is 1. The molecule has 0 spiro atoms. The Morgan fingerprint density at radius 1 is 1.00 bits per heavy atom. The summed E-state index contributed by atoms with van der Waals surface area (Å²) in [5.74, 6) is 0.368. The summed E-state index contributed by atoms with van der Waals surface area (Å²) in [7, 11) is 5.32. The van der Waals surface area contributed by atoms with Crippen molar-refractivity contribution in [1.29, 1.82) is 0 Å². The maximum absolute atomic E-state index is 14.0. The molecule has 0 radical (unpaired) electrons. The number of nitrogen functional groups attached to an aromatic ring is 1. The molecule has 1 aliphatic rings. The van der Waals surface area contributed by atoms with E-state index in [2.05, 4.69) is 9.88 Å². The number of amides is 1. The van der Waals surface area contributed by atoms with Crippen LogP contribution in [0.3, 0.4) is 0 Å². The Labute approximate surface area is 236 Å². The molecule has 6 nitrogen and oxygen atoms in total. The molecule has 0 saturated carbocycles. The van der Waals surface area contributed by atoms with E-state index in [-0.39, 0.29) is 22.7 Å². The van der Waals surface area contributed by atoms with E-state index in [0.29, 0.717) is 29.1 Å². The van der Waals surface area contributed by atoms with Crippen LogP contribution in [0.15, 0.2) is 54.7 Å². The van der Waals surface area contributed by atoms with Gasteiger partial charge < -0.3 is 15.2 Å². The van der Waals surface area contributed by atoms with Gasteiger partial charge in [-0.25, -0.2) is 22.5 Å². The van der Waals surface area contributed by atoms with Crippen LogP contribution in [0.25, 0.3) is 22.2 Å². The van der Waals surface area contributed by atoms with Crippen molar-refractivity contribution in [2.75, 3.05) is 32.9 Å². The van der Waals surface area contributed by atoms with Gasteiger partial charge >= 0.3 is 0 Å². The van der Waals surface area contributed by atoms with Crippen molar-refractivity contribution in [3.8, 4) is 11.1 Å². The lowest BCUT2D eigenvalue weighted by Crippen LogP contribution is -2.33. The van der Waals surface area contributed by atoms with Crippen molar-refractivity contribution >= 4 is 22.6 Å². The highest BCUT2D eigenvalue weighted by molar-refractivity contribution is 5.96. The molecule has 41 heavy (non-hydrogen) atoms. The van der Waals surface area contributed by atoms with Crippen molar-refractivity contribution < 1.29 is 22.4 Å². The number of carbonyl (C=O) groups is 1. The van der Waals surface area contributed by atoms with Gasteiger partial charge in [-0.2, -0.15) is 0 Å². The third-order valence-corrected chi connectivity index (χ3v) is 8.00. The second kappa shape index (κ2) is 11.5. The molecular formula is C31H33F4N5O. The van der Waals surface area contributed by atoms with Gasteiger partial charge in [0.05, 0.1) is 0 Å². The Balaban J connectivity index is 1.38. The average Bonchev–Trinajstić information content (AvgIpc) is 3.27. The SMILES string of the molecule is CN(C)C(=O)c1ccc(C2CCN(Cc3cc4c(-c5c(C(F)F)cc(N)cc5C(F)F)ccnc4n3C)CC2)cc1. The molecule has 2 aromatic heterocycles. The minimum Gasteiger partial charge on any atom is -0.399 e. The number of anilines is 1. The molecule has 3 heterocycles. The van der Waals surface area contributed by atoms with Crippen LogP contribution in [-0.2, 0) is 13.6 Å². The van der Waals surface area contributed by atoms with Crippen molar-refractivity contribution in [1.82, 2.24) is 19.4 Å². The molecule has 1 fully saturated rings. The number of carbonyl (C=O) groups excluding carboxylic acids is 1. The summed E-state index contributed by atoms with van der Waals surface area (Å²) in [5.41, 5.74) is 7.98. The maximum Gasteiger partial charge on any atom is 0.264 e. The predicted octanol–water partition coefficient (Wildman–Crippen LogP) is 6.78. The van der Waals surface area contributed by atoms with Crippen LogP contribution in [0.1, 0.15) is 64.4 Å². The van der Waals surface area contributed by atoms with E-state index in [0.717, 1.165) is 43.8 Å². The number of pyridine rings is 1. The van der Waals surface area contributed by atoms with Gasteiger partial charge in [-0.3, -0.25) is 9.69 Å². The fourth-order valence-corrected chi connectivity index (χ4v) is 5.82. The van der Waals surface area contributed by atoms with Crippen molar-refractivity contribution in [2.45, 2.75) is 38.2 Å². The summed E-state index contributed by atoms with van der Waals surface area (Å²) in [6, 6.07) is 13.3. The van der Waals surface area contributed by atoms with Crippen molar-refractivity contribution in [3.63, 3.8) is 0 Å². The number of fused-ring (bicyclic) bond motifs is 1. The van der Waals surface area contributed by atoms with E-state index in [1.54, 1.807) is 19.0 Å². The van der Waals surface area contributed by atoms with E-state index >= 15 is 0 Å². The molecule has 0 aliphatic carbocycles. The van der Waals surface area contributed by atoms with Crippen molar-refractivity contribution in [2.24, 2.45) is 7.05 Å². The number of hydrogen-bond acceptors (Lipinski definition) is 4. The number of alkyl halides is 4. The molecule has 2 aromatic carbocycles. The number of nitrogens with zero attached hydrogens (tertiary/aromatic N) is 4. The minimum absolute atomic E-state index is 0.0220. The summed E-state index contributed by atoms with van der Waals surface area (Å²) < 4.78 is 58.0. The van der Waals surface area contributed by atoms with Gasteiger partial charge in [0.1, 0.15) is 5.65 Å². The van der Waals surface area contributed by atoms with E-state index in [1.165, 1.54) is 17.8 Å². The first kappa shape index (κ1) is 28.6. The average molecular weight is 568 g/mol. The molecule has 4 aromatic rings. The Morgan fingerprint density at radius 3 is 2.17 bits per heavy atom. The van der Waals surface area contributed by atoms with Crippen LogP contribution >= 0.6 is 0 Å². The quantitative estimate of drug-likeness (QED) is 0.198. The van der Waals surface area contributed by atoms with Gasteiger partial charge in [0, 0.05) is 72.9 Å². The Bertz CT molecular complexity index is 1530. The van der Waals surface area contributed by atoms with Gasteiger partial charge in [0.15, 0.2) is 0 Å². The first-order chi connectivity index (χ1) is 19.5. The molecule has 216 valence electrons. The largest absolute Gasteiger partial charge is 0.399 e. The molecule has 1 saturated heterocycles. The minimum atomic E-state index is -2.97. The van der Waals surface area contributed by atoms with Crippen LogP contribution in [0.2, 0.25) is 0 Å². The number of likely N-dealkylation sites (tertiary alicyclic amines) is 1. The number of benzene rings is 2. The molecular weight excluding hydrogens is 534 g/mol. The van der Waals surface area contributed by atoms with Gasteiger partial charge in [-0.15, -0.1) is 0 Å². The van der Waals surface area contributed by atoms with Gasteiger partial charge in [-0.1, -0.05) is 12.1 Å². The maximum atomic E-state index is 14.0. The van der Waals surface area contributed by atoms with Gasteiger partial charge in [0.2, 0.25) is 0 Å².